The van der Waals surface area contributed by atoms with Gasteiger partial charge in [-0.3, -0.25) is 24.4 Å². The first-order chi connectivity index (χ1) is 20.5. The molecule has 2 aliphatic rings. The highest BCUT2D eigenvalue weighted by atomic mass is 16.6. The highest BCUT2D eigenvalue weighted by Crippen LogP contribution is 2.30. The van der Waals surface area contributed by atoms with Crippen LogP contribution in [0.4, 0.5) is 0 Å². The second kappa shape index (κ2) is 14.1. The Morgan fingerprint density at radius 2 is 1.95 bits per heavy atom. The molecular weight excluding hydrogens is 550 g/mol. The van der Waals surface area contributed by atoms with Gasteiger partial charge in [0.05, 0.1) is 5.52 Å². The van der Waals surface area contributed by atoms with Gasteiger partial charge < -0.3 is 20.5 Å². The van der Waals surface area contributed by atoms with Crippen LogP contribution in [0, 0.1) is 5.92 Å². The van der Waals surface area contributed by atoms with E-state index in [4.69, 9.17) is 20.2 Å². The fourth-order valence-corrected chi connectivity index (χ4v) is 5.33. The Kier molecular flexibility index (Phi) is 10.5. The van der Waals surface area contributed by atoms with Crippen LogP contribution in [0.25, 0.3) is 17.0 Å². The zero-order chi connectivity index (χ0) is 31.1. The Labute approximate surface area is 252 Å². The highest BCUT2D eigenvalue weighted by Gasteiger charge is 2.43. The van der Waals surface area contributed by atoms with Crippen molar-refractivity contribution in [2.45, 2.75) is 90.0 Å². The predicted molar refractivity (Wildman–Crippen MR) is 162 cm³/mol. The van der Waals surface area contributed by atoms with Crippen LogP contribution < -0.4 is 16.5 Å². The fourth-order valence-electron chi connectivity index (χ4n) is 5.33. The predicted octanol–water partition coefficient (Wildman–Crippen LogP) is 2.80. The molecule has 0 spiro atoms. The molecule has 11 heteroatoms. The van der Waals surface area contributed by atoms with Gasteiger partial charge in [-0.05, 0) is 75.1 Å². The van der Waals surface area contributed by atoms with Crippen LogP contribution in [0.3, 0.4) is 0 Å². The van der Waals surface area contributed by atoms with Crippen LogP contribution in [-0.2, 0) is 35.1 Å². The molecule has 2 aliphatic heterocycles. The van der Waals surface area contributed by atoms with Gasteiger partial charge >= 0.3 is 5.97 Å². The van der Waals surface area contributed by atoms with E-state index in [1.54, 1.807) is 26.8 Å². The van der Waals surface area contributed by atoms with Crippen molar-refractivity contribution in [2.24, 2.45) is 11.7 Å². The molecule has 4 rings (SSSR count). The van der Waals surface area contributed by atoms with Gasteiger partial charge in [0.2, 0.25) is 5.91 Å². The molecule has 2 saturated heterocycles. The number of nitrogens with zero attached hydrogens (tertiary/aromatic N) is 2. The smallest absolute Gasteiger partial charge is 0.343 e. The summed E-state index contributed by atoms with van der Waals surface area (Å²) >= 11 is 0. The number of primary amides is 1. The number of nitrogens with one attached hydrogen (secondary N) is 2. The van der Waals surface area contributed by atoms with E-state index in [9.17, 15) is 19.2 Å². The van der Waals surface area contributed by atoms with Gasteiger partial charge in [-0.25, -0.2) is 10.2 Å². The molecule has 4 unspecified atom stereocenters. The number of ether oxygens (including phenoxy) is 2. The Bertz CT molecular complexity index is 1370. The summed E-state index contributed by atoms with van der Waals surface area (Å²) in [7, 11) is 0. The summed E-state index contributed by atoms with van der Waals surface area (Å²) < 4.78 is 11.9. The van der Waals surface area contributed by atoms with Gasteiger partial charge in [0.15, 0.2) is 11.7 Å². The molecule has 11 nitrogen and oxygen atoms in total. The number of carbonyl (C=O) groups excluding carboxylic acids is 4. The number of aromatic nitrogens is 1. The number of hydrazine groups is 1. The topological polar surface area (TPSA) is 153 Å². The van der Waals surface area contributed by atoms with Gasteiger partial charge in [0.1, 0.15) is 12.1 Å². The molecule has 0 saturated carbocycles. The minimum absolute atomic E-state index is 0.373. The van der Waals surface area contributed by atoms with E-state index in [0.29, 0.717) is 32.4 Å². The Morgan fingerprint density at radius 3 is 2.63 bits per heavy atom. The van der Waals surface area contributed by atoms with Crippen molar-refractivity contribution in [1.29, 1.82) is 0 Å². The molecule has 3 heterocycles. The molecule has 0 bridgehead atoms. The Hall–Kier alpha value is -3.83. The van der Waals surface area contributed by atoms with Gasteiger partial charge in [0, 0.05) is 24.2 Å². The molecule has 232 valence electrons. The minimum atomic E-state index is -1.34. The summed E-state index contributed by atoms with van der Waals surface area (Å²) in [5.74, 6) is -2.57. The second-order valence-electron chi connectivity index (χ2n) is 11.7. The molecule has 1 aromatic heterocycles. The number of rotatable bonds is 10. The zero-order valence-electron chi connectivity index (χ0n) is 25.4. The lowest BCUT2D eigenvalue weighted by molar-refractivity contribution is -0.181. The molecular formula is C32H43N5O6. The molecule has 4 N–H and O–H groups in total. The van der Waals surface area contributed by atoms with E-state index in [1.807, 2.05) is 36.4 Å². The first-order valence-electron chi connectivity index (χ1n) is 15.1. The normalized spacial score (nSPS) is 22.3. The van der Waals surface area contributed by atoms with E-state index in [-0.39, 0.29) is 5.92 Å². The summed E-state index contributed by atoms with van der Waals surface area (Å²) in [4.78, 5) is 56.3. The van der Waals surface area contributed by atoms with E-state index in [2.05, 4.69) is 17.7 Å². The second-order valence-corrected chi connectivity index (χ2v) is 11.7. The molecule has 1 aromatic carbocycles. The summed E-state index contributed by atoms with van der Waals surface area (Å²) in [6, 6.07) is 8.40. The number of pyridine rings is 1. The van der Waals surface area contributed by atoms with Crippen LogP contribution in [0.5, 0.6) is 0 Å². The van der Waals surface area contributed by atoms with Crippen LogP contribution in [-0.4, -0.2) is 70.6 Å². The summed E-state index contributed by atoms with van der Waals surface area (Å²) in [6.45, 7) is 7.91. The lowest BCUT2D eigenvalue weighted by Crippen LogP contribution is -2.61. The lowest BCUT2D eigenvalue weighted by Gasteiger charge is -2.35. The number of aryl methyl sites for hydroxylation is 1. The molecule has 43 heavy (non-hydrogen) atoms. The SMILES string of the molecule is CCc1ccc2ccc(/C=C/C3(C(=O)OC(C(=O)NC(C)C(=O)N4CCCC(C(N)=O)N4)C(C)C)CCCCO3)cc2n1. The van der Waals surface area contributed by atoms with Crippen LogP contribution in [0.1, 0.15) is 71.1 Å². The van der Waals surface area contributed by atoms with E-state index < -0.39 is 47.5 Å². The third-order valence-electron chi connectivity index (χ3n) is 7.95. The van der Waals surface area contributed by atoms with Crippen molar-refractivity contribution in [3.05, 3.63) is 47.7 Å². The summed E-state index contributed by atoms with van der Waals surface area (Å²) in [6.07, 6.45) is 6.36. The number of hydrogen-bond donors (Lipinski definition) is 3. The number of hydrogen-bond acceptors (Lipinski definition) is 8. The number of carbonyl (C=O) groups is 4. The van der Waals surface area contributed by atoms with Gasteiger partial charge in [-0.2, -0.15) is 0 Å². The largest absolute Gasteiger partial charge is 0.450 e. The average Bonchev–Trinajstić information content (AvgIpc) is 3.01. The number of amides is 3. The minimum Gasteiger partial charge on any atom is -0.450 e. The summed E-state index contributed by atoms with van der Waals surface area (Å²) in [5.41, 5.74) is 9.61. The molecule has 4 atom stereocenters. The third kappa shape index (κ3) is 7.77. The van der Waals surface area contributed by atoms with Gasteiger partial charge in [-0.1, -0.05) is 45.0 Å². The fraction of sp³-hybridized carbons (Fsp3) is 0.531. The van der Waals surface area contributed by atoms with Crippen molar-refractivity contribution in [2.75, 3.05) is 13.2 Å². The number of benzene rings is 1. The number of nitrogens with two attached hydrogens (primary N) is 1. The van der Waals surface area contributed by atoms with E-state index in [0.717, 1.165) is 41.4 Å². The zero-order valence-corrected chi connectivity index (χ0v) is 25.4. The van der Waals surface area contributed by atoms with Gasteiger partial charge in [0.25, 0.3) is 11.8 Å². The Morgan fingerprint density at radius 1 is 1.19 bits per heavy atom. The standard InChI is InChI=1S/C32H43N5O6/c1-5-24-13-12-23-11-10-22(19-26(23)35-24)14-16-32(15-6-7-18-42-32)31(41)43-27(20(2)3)29(39)34-21(4)30(40)37-17-8-9-25(36-37)28(33)38/h10-14,16,19-21,25,27,36H,5-9,15,17-18H2,1-4H3,(H2,33,38)(H,34,39)/b16-14+. The third-order valence-corrected chi connectivity index (χ3v) is 7.95. The quantitative estimate of drug-likeness (QED) is 0.356. The van der Waals surface area contributed by atoms with Crippen molar-refractivity contribution in [1.82, 2.24) is 20.7 Å². The average molecular weight is 594 g/mol. The van der Waals surface area contributed by atoms with Crippen molar-refractivity contribution in [3.63, 3.8) is 0 Å². The van der Waals surface area contributed by atoms with Crippen molar-refractivity contribution < 1.29 is 28.7 Å². The lowest BCUT2D eigenvalue weighted by atomic mass is 9.92. The maximum Gasteiger partial charge on any atom is 0.343 e. The number of fused-ring (bicyclic) bond motifs is 1. The first kappa shape index (κ1) is 32.1. The maximum absolute atomic E-state index is 13.7. The van der Waals surface area contributed by atoms with Crippen molar-refractivity contribution >= 4 is 40.7 Å². The van der Waals surface area contributed by atoms with E-state index in [1.165, 1.54) is 5.01 Å². The van der Waals surface area contributed by atoms with Crippen LogP contribution in [0.15, 0.2) is 36.4 Å². The first-order valence-corrected chi connectivity index (χ1v) is 15.1. The summed E-state index contributed by atoms with van der Waals surface area (Å²) in [5, 5.41) is 5.01. The maximum atomic E-state index is 13.7. The number of esters is 1. The monoisotopic (exact) mass is 593 g/mol. The van der Waals surface area contributed by atoms with Crippen LogP contribution in [0.2, 0.25) is 0 Å². The molecule has 2 aromatic rings. The van der Waals surface area contributed by atoms with E-state index >= 15 is 0 Å². The molecule has 0 radical (unpaired) electrons. The molecule has 2 fully saturated rings. The molecule has 3 amide bonds. The molecule has 0 aliphatic carbocycles. The van der Waals surface area contributed by atoms with Crippen LogP contribution >= 0.6 is 0 Å². The highest BCUT2D eigenvalue weighted by molar-refractivity contribution is 5.92. The van der Waals surface area contributed by atoms with Crippen molar-refractivity contribution in [3.8, 4) is 0 Å². The Balaban J connectivity index is 1.47. The van der Waals surface area contributed by atoms with Gasteiger partial charge in [-0.15, -0.1) is 0 Å².